The van der Waals surface area contributed by atoms with Gasteiger partial charge in [0.15, 0.2) is 23.0 Å². The first-order valence-electron chi connectivity index (χ1n) is 15.5. The van der Waals surface area contributed by atoms with Crippen LogP contribution < -0.4 is 9.47 Å². The fourth-order valence-electron chi connectivity index (χ4n) is 6.73. The van der Waals surface area contributed by atoms with E-state index in [1.807, 2.05) is 49.4 Å². The molecule has 7 aromatic rings. The molecule has 8 rings (SSSR count). The SMILES string of the molecule is CCn1c2ccccc2c2cc(/C=C3\Oc4ccc(C)cc4O/C(=C\c4ccc5c(c4)c4ccccc4n5CC)C3=O)ccc21. The molecule has 5 heteroatoms. The molecule has 1 aliphatic rings. The van der Waals surface area contributed by atoms with Gasteiger partial charge >= 0.3 is 0 Å². The maximum atomic E-state index is 14.2. The van der Waals surface area contributed by atoms with Crippen LogP contribution in [0.2, 0.25) is 0 Å². The fourth-order valence-corrected chi connectivity index (χ4v) is 6.73. The van der Waals surface area contributed by atoms with Crippen molar-refractivity contribution < 1.29 is 14.3 Å². The zero-order valence-electron chi connectivity index (χ0n) is 25.5. The number of hydrogen-bond acceptors (Lipinski definition) is 3. The molecule has 0 unspecified atom stereocenters. The highest BCUT2D eigenvalue weighted by Crippen LogP contribution is 2.37. The molecule has 5 nitrogen and oxygen atoms in total. The summed E-state index contributed by atoms with van der Waals surface area (Å²) in [6.45, 7) is 8.06. The number of ketones is 1. The number of Topliss-reactive ketones (excluding diaryl/α,β-unsaturated/α-hetero) is 1. The molecule has 45 heavy (non-hydrogen) atoms. The molecular formula is C40H32N2O3. The number of fused-ring (bicyclic) bond motifs is 7. The molecule has 0 saturated heterocycles. The van der Waals surface area contributed by atoms with E-state index in [0.29, 0.717) is 11.5 Å². The summed E-state index contributed by atoms with van der Waals surface area (Å²) >= 11 is 0. The molecule has 0 atom stereocenters. The highest BCUT2D eigenvalue weighted by molar-refractivity contribution is 6.13. The second-order valence-corrected chi connectivity index (χ2v) is 11.6. The first kappa shape index (κ1) is 27.0. The molecule has 1 aliphatic heterocycles. The number of para-hydroxylation sites is 2. The second-order valence-electron chi connectivity index (χ2n) is 11.6. The molecule has 0 radical (unpaired) electrons. The largest absolute Gasteiger partial charge is 0.449 e. The van der Waals surface area contributed by atoms with E-state index in [4.69, 9.17) is 9.47 Å². The lowest BCUT2D eigenvalue weighted by Crippen LogP contribution is -2.12. The van der Waals surface area contributed by atoms with Gasteiger partial charge in [0, 0.05) is 56.7 Å². The van der Waals surface area contributed by atoms with E-state index in [0.717, 1.165) is 40.6 Å². The smallest absolute Gasteiger partial charge is 0.263 e. The van der Waals surface area contributed by atoms with Gasteiger partial charge in [0.1, 0.15) is 0 Å². The molecule has 220 valence electrons. The Morgan fingerprint density at radius 3 is 1.58 bits per heavy atom. The van der Waals surface area contributed by atoms with Crippen molar-refractivity contribution in [2.45, 2.75) is 33.9 Å². The summed E-state index contributed by atoms with van der Waals surface area (Å²) in [4.78, 5) is 14.2. The fraction of sp³-hybridized carbons (Fsp3) is 0.125. The van der Waals surface area contributed by atoms with Crippen LogP contribution in [0.1, 0.15) is 30.5 Å². The highest BCUT2D eigenvalue weighted by atomic mass is 16.5. The van der Waals surface area contributed by atoms with Crippen molar-refractivity contribution in [2.24, 2.45) is 0 Å². The molecule has 0 fully saturated rings. The standard InChI is InChI=1S/C40H32N2O3/c1-4-41-32-12-8-6-10-28(32)30-21-26(15-17-34(30)41)23-38-40(43)39(45-37-20-25(3)14-19-36(37)44-38)24-27-16-18-35-31(22-27)29-11-7-9-13-33(29)42(35)5-2/h6-24H,4-5H2,1-3H3/b38-23-,39-24-. The van der Waals surface area contributed by atoms with Crippen LogP contribution in [0, 0.1) is 6.92 Å². The summed E-state index contributed by atoms with van der Waals surface area (Å²) in [6.07, 6.45) is 3.65. The van der Waals surface area contributed by atoms with Gasteiger partial charge in [-0.1, -0.05) is 54.6 Å². The van der Waals surface area contributed by atoms with Crippen molar-refractivity contribution in [2.75, 3.05) is 0 Å². The highest BCUT2D eigenvalue weighted by Gasteiger charge is 2.27. The summed E-state index contributed by atoms with van der Waals surface area (Å²) in [5, 5.41) is 4.66. The van der Waals surface area contributed by atoms with Crippen LogP contribution in [0.15, 0.2) is 115 Å². The quantitative estimate of drug-likeness (QED) is 0.192. The van der Waals surface area contributed by atoms with Gasteiger partial charge in [-0.3, -0.25) is 4.79 Å². The van der Waals surface area contributed by atoms with E-state index >= 15 is 0 Å². The Balaban J connectivity index is 1.27. The lowest BCUT2D eigenvalue weighted by atomic mass is 10.1. The molecule has 0 spiro atoms. The number of rotatable bonds is 4. The van der Waals surface area contributed by atoms with E-state index in [1.165, 1.54) is 32.8 Å². The minimum Gasteiger partial charge on any atom is -0.449 e. The van der Waals surface area contributed by atoms with E-state index in [2.05, 4.69) is 95.8 Å². The normalized spacial score (nSPS) is 15.2. The van der Waals surface area contributed by atoms with Crippen molar-refractivity contribution in [1.82, 2.24) is 9.13 Å². The van der Waals surface area contributed by atoms with Crippen LogP contribution in [-0.2, 0) is 17.9 Å². The number of nitrogens with zero attached hydrogens (tertiary/aromatic N) is 2. The van der Waals surface area contributed by atoms with Crippen molar-refractivity contribution in [3.63, 3.8) is 0 Å². The zero-order chi connectivity index (χ0) is 30.7. The van der Waals surface area contributed by atoms with Gasteiger partial charge in [-0.15, -0.1) is 0 Å². The second kappa shape index (κ2) is 10.6. The third-order valence-corrected chi connectivity index (χ3v) is 8.81. The van der Waals surface area contributed by atoms with Crippen LogP contribution in [-0.4, -0.2) is 14.9 Å². The van der Waals surface area contributed by atoms with Crippen LogP contribution in [0.4, 0.5) is 0 Å². The Labute approximate surface area is 261 Å². The maximum absolute atomic E-state index is 14.2. The number of benzene rings is 5. The van der Waals surface area contributed by atoms with Gasteiger partial charge in [-0.05, 0) is 98.1 Å². The van der Waals surface area contributed by atoms with Crippen molar-refractivity contribution in [3.05, 3.63) is 131 Å². The average molecular weight is 589 g/mol. The van der Waals surface area contributed by atoms with Gasteiger partial charge in [0.25, 0.3) is 5.78 Å². The molecule has 0 aliphatic carbocycles. The predicted molar refractivity (Wildman–Crippen MR) is 184 cm³/mol. The van der Waals surface area contributed by atoms with Gasteiger partial charge in [0.2, 0.25) is 0 Å². The third kappa shape index (κ3) is 4.42. The summed E-state index contributed by atoms with van der Waals surface area (Å²) in [5.74, 6) is 1.15. The average Bonchev–Trinajstić information content (AvgIpc) is 3.52. The first-order valence-corrected chi connectivity index (χ1v) is 15.5. The molecule has 2 aromatic heterocycles. The number of aryl methyl sites for hydroxylation is 3. The van der Waals surface area contributed by atoms with Crippen molar-refractivity contribution in [1.29, 1.82) is 0 Å². The van der Waals surface area contributed by atoms with Gasteiger partial charge in [-0.25, -0.2) is 0 Å². The maximum Gasteiger partial charge on any atom is 0.263 e. The molecule has 0 saturated carbocycles. The molecule has 3 heterocycles. The summed E-state index contributed by atoms with van der Waals surface area (Å²) in [6, 6.07) is 35.2. The minimum atomic E-state index is -0.309. The number of carbonyl (C=O) groups is 1. The Hall–Kier alpha value is -5.55. The van der Waals surface area contributed by atoms with Crippen molar-refractivity contribution in [3.8, 4) is 11.5 Å². The van der Waals surface area contributed by atoms with Gasteiger partial charge < -0.3 is 18.6 Å². The number of aromatic nitrogens is 2. The predicted octanol–water partition coefficient (Wildman–Crippen LogP) is 9.67. The first-order chi connectivity index (χ1) is 22.0. The van der Waals surface area contributed by atoms with Crippen LogP contribution >= 0.6 is 0 Å². The van der Waals surface area contributed by atoms with Crippen LogP contribution in [0.3, 0.4) is 0 Å². The Morgan fingerprint density at radius 2 is 1.04 bits per heavy atom. The molecule has 5 aromatic carbocycles. The van der Waals surface area contributed by atoms with Crippen molar-refractivity contribution >= 4 is 61.5 Å². The van der Waals surface area contributed by atoms with E-state index in [-0.39, 0.29) is 17.3 Å². The molecule has 0 bridgehead atoms. The van der Waals surface area contributed by atoms with Gasteiger partial charge in [0.05, 0.1) is 0 Å². The zero-order valence-corrected chi connectivity index (χ0v) is 25.5. The number of carbonyl (C=O) groups excluding carboxylic acids is 1. The summed E-state index contributed by atoms with van der Waals surface area (Å²) in [7, 11) is 0. The Kier molecular flexibility index (Phi) is 6.35. The van der Waals surface area contributed by atoms with E-state index in [9.17, 15) is 4.79 Å². The van der Waals surface area contributed by atoms with E-state index in [1.54, 1.807) is 0 Å². The summed E-state index contributed by atoms with van der Waals surface area (Å²) < 4.78 is 17.3. The topological polar surface area (TPSA) is 45.4 Å². The Morgan fingerprint density at radius 1 is 0.556 bits per heavy atom. The van der Waals surface area contributed by atoms with Gasteiger partial charge in [-0.2, -0.15) is 0 Å². The molecule has 0 amide bonds. The van der Waals surface area contributed by atoms with Crippen LogP contribution in [0.25, 0.3) is 55.8 Å². The lowest BCUT2D eigenvalue weighted by molar-refractivity contribution is -0.115. The number of ether oxygens (including phenoxy) is 2. The van der Waals surface area contributed by atoms with Crippen LogP contribution in [0.5, 0.6) is 11.5 Å². The minimum absolute atomic E-state index is 0.214. The number of hydrogen-bond donors (Lipinski definition) is 0. The molecule has 0 N–H and O–H groups in total. The van der Waals surface area contributed by atoms with E-state index < -0.39 is 0 Å². The lowest BCUT2D eigenvalue weighted by Gasteiger charge is -2.07. The molecular weight excluding hydrogens is 556 g/mol. The monoisotopic (exact) mass is 588 g/mol. The third-order valence-electron chi connectivity index (χ3n) is 8.81. The summed E-state index contributed by atoms with van der Waals surface area (Å²) in [5.41, 5.74) is 7.51. The Bertz CT molecular complexity index is 2380.